The van der Waals surface area contributed by atoms with Crippen LogP contribution in [0.4, 0.5) is 5.69 Å². The van der Waals surface area contributed by atoms with Gasteiger partial charge in [-0.15, -0.1) is 0 Å². The van der Waals surface area contributed by atoms with Gasteiger partial charge in [0.2, 0.25) is 0 Å². The smallest absolute Gasteiger partial charge is 0.273 e. The van der Waals surface area contributed by atoms with Crippen molar-refractivity contribution in [3.63, 3.8) is 0 Å². The van der Waals surface area contributed by atoms with Crippen LogP contribution in [0.3, 0.4) is 0 Å². The van der Waals surface area contributed by atoms with E-state index in [1.54, 1.807) is 0 Å². The molecule has 1 aliphatic heterocycles. The van der Waals surface area contributed by atoms with Crippen molar-refractivity contribution < 1.29 is 19.2 Å². The van der Waals surface area contributed by atoms with E-state index in [0.29, 0.717) is 5.75 Å². The van der Waals surface area contributed by atoms with Gasteiger partial charge in [0, 0.05) is 18.2 Å². The first kappa shape index (κ1) is 17.1. The predicted molar refractivity (Wildman–Crippen MR) is 84.8 cm³/mol. The van der Waals surface area contributed by atoms with Crippen LogP contribution in [-0.2, 0) is 4.79 Å². The monoisotopic (exact) mass is 322 g/mol. The van der Waals surface area contributed by atoms with Crippen LogP contribution >= 0.6 is 0 Å². The van der Waals surface area contributed by atoms with Crippen molar-refractivity contribution in [3.05, 3.63) is 28.3 Å². The van der Waals surface area contributed by atoms with Gasteiger partial charge in [-0.3, -0.25) is 14.9 Å². The largest absolute Gasteiger partial charge is 0.493 e. The quantitative estimate of drug-likeness (QED) is 0.615. The van der Waals surface area contributed by atoms with Gasteiger partial charge in [0.25, 0.3) is 11.6 Å². The molecule has 1 aliphatic rings. The molecule has 126 valence electrons. The second-order valence-corrected chi connectivity index (χ2v) is 5.81. The highest BCUT2D eigenvalue weighted by Gasteiger charge is 2.29. The lowest BCUT2D eigenvalue weighted by Gasteiger charge is -2.39. The van der Waals surface area contributed by atoms with Crippen LogP contribution in [-0.4, -0.2) is 41.5 Å². The molecule has 2 unspecified atom stereocenters. The zero-order valence-electron chi connectivity index (χ0n) is 13.7. The minimum Gasteiger partial charge on any atom is -0.493 e. The number of carbonyl (C=O) groups excluding carboxylic acids is 1. The fourth-order valence-corrected chi connectivity index (χ4v) is 3.02. The van der Waals surface area contributed by atoms with Crippen LogP contribution in [0.5, 0.6) is 11.5 Å². The summed E-state index contributed by atoms with van der Waals surface area (Å²) in [6.45, 7) is 3.98. The number of non-ortho nitro benzene ring substituents is 1. The van der Waals surface area contributed by atoms with E-state index < -0.39 is 4.92 Å². The van der Waals surface area contributed by atoms with Crippen molar-refractivity contribution in [1.29, 1.82) is 0 Å². The first-order valence-corrected chi connectivity index (χ1v) is 7.70. The van der Waals surface area contributed by atoms with Gasteiger partial charge in [0.15, 0.2) is 18.1 Å². The molecule has 23 heavy (non-hydrogen) atoms. The zero-order valence-corrected chi connectivity index (χ0v) is 13.7. The third-order valence-corrected chi connectivity index (χ3v) is 4.19. The summed E-state index contributed by atoms with van der Waals surface area (Å²) in [5.74, 6) is 0.487. The molecule has 1 heterocycles. The first-order chi connectivity index (χ1) is 10.9. The second-order valence-electron chi connectivity index (χ2n) is 5.81. The zero-order chi connectivity index (χ0) is 17.0. The molecule has 0 bridgehead atoms. The molecule has 0 saturated carbocycles. The third-order valence-electron chi connectivity index (χ3n) is 4.19. The number of nitro groups is 1. The lowest BCUT2D eigenvalue weighted by atomic mass is 9.97. The van der Waals surface area contributed by atoms with Gasteiger partial charge in [-0.1, -0.05) is 0 Å². The maximum atomic E-state index is 12.4. The van der Waals surface area contributed by atoms with Gasteiger partial charge in [0.1, 0.15) is 0 Å². The van der Waals surface area contributed by atoms with Crippen LogP contribution in [0.25, 0.3) is 0 Å². The van der Waals surface area contributed by atoms with Crippen molar-refractivity contribution in [2.24, 2.45) is 0 Å². The summed E-state index contributed by atoms with van der Waals surface area (Å²) in [7, 11) is 1.41. The fourth-order valence-electron chi connectivity index (χ4n) is 3.02. The molecular formula is C16H22N2O5. The van der Waals surface area contributed by atoms with Gasteiger partial charge in [-0.05, 0) is 39.2 Å². The number of hydrogen-bond acceptors (Lipinski definition) is 5. The number of hydrogen-bond donors (Lipinski definition) is 0. The number of amides is 1. The van der Waals surface area contributed by atoms with E-state index >= 15 is 0 Å². The molecule has 1 aromatic rings. The summed E-state index contributed by atoms with van der Waals surface area (Å²) in [6.07, 6.45) is 3.12. The van der Waals surface area contributed by atoms with E-state index in [2.05, 4.69) is 0 Å². The van der Waals surface area contributed by atoms with Crippen molar-refractivity contribution in [3.8, 4) is 11.5 Å². The number of ether oxygens (including phenoxy) is 2. The van der Waals surface area contributed by atoms with E-state index in [1.807, 2.05) is 18.7 Å². The predicted octanol–water partition coefficient (Wildman–Crippen LogP) is 2.77. The molecule has 0 N–H and O–H groups in total. The standard InChI is InChI=1S/C16H22N2O5/c1-11-5-4-6-12(2)17(11)16(19)10-23-14-8-7-13(18(20)21)9-15(14)22-3/h7-9,11-12H,4-6,10H2,1-3H3. The van der Waals surface area contributed by atoms with Gasteiger partial charge in [-0.2, -0.15) is 0 Å². The molecule has 7 nitrogen and oxygen atoms in total. The second kappa shape index (κ2) is 7.30. The van der Waals surface area contributed by atoms with E-state index in [4.69, 9.17) is 9.47 Å². The van der Waals surface area contributed by atoms with E-state index in [1.165, 1.54) is 25.3 Å². The number of rotatable bonds is 5. The Balaban J connectivity index is 2.05. The number of carbonyl (C=O) groups is 1. The number of methoxy groups -OCH3 is 1. The molecule has 1 amide bonds. The molecular weight excluding hydrogens is 300 g/mol. The van der Waals surface area contributed by atoms with Crippen molar-refractivity contribution in [2.45, 2.75) is 45.2 Å². The number of piperidine rings is 1. The Morgan fingerprint density at radius 1 is 1.30 bits per heavy atom. The van der Waals surface area contributed by atoms with Gasteiger partial charge >= 0.3 is 0 Å². The summed E-state index contributed by atoms with van der Waals surface area (Å²) in [5.41, 5.74) is -0.0844. The molecule has 1 aromatic carbocycles. The maximum Gasteiger partial charge on any atom is 0.273 e. The minimum absolute atomic E-state index is 0.0786. The fraction of sp³-hybridized carbons (Fsp3) is 0.562. The third kappa shape index (κ3) is 3.91. The average molecular weight is 322 g/mol. The van der Waals surface area contributed by atoms with Crippen LogP contribution in [0.15, 0.2) is 18.2 Å². The lowest BCUT2D eigenvalue weighted by Crippen LogP contribution is -2.49. The topological polar surface area (TPSA) is 81.9 Å². The van der Waals surface area contributed by atoms with Gasteiger partial charge < -0.3 is 14.4 Å². The van der Waals surface area contributed by atoms with Crippen LogP contribution in [0.2, 0.25) is 0 Å². The summed E-state index contributed by atoms with van der Waals surface area (Å²) < 4.78 is 10.6. The van der Waals surface area contributed by atoms with Crippen molar-refractivity contribution in [1.82, 2.24) is 4.90 Å². The Labute approximate surface area is 135 Å². The first-order valence-electron chi connectivity index (χ1n) is 7.70. The molecule has 2 rings (SSSR count). The Morgan fingerprint density at radius 3 is 2.52 bits per heavy atom. The number of nitro benzene ring substituents is 1. The summed E-state index contributed by atoms with van der Waals surface area (Å²) >= 11 is 0. The Bertz CT molecular complexity index is 580. The van der Waals surface area contributed by atoms with E-state index in [0.717, 1.165) is 19.3 Å². The molecule has 0 aromatic heterocycles. The molecule has 2 atom stereocenters. The Hall–Kier alpha value is -2.31. The minimum atomic E-state index is -0.505. The summed E-state index contributed by atoms with van der Waals surface area (Å²) in [5, 5.41) is 10.8. The van der Waals surface area contributed by atoms with E-state index in [-0.39, 0.29) is 36.0 Å². The highest BCUT2D eigenvalue weighted by molar-refractivity contribution is 5.78. The highest BCUT2D eigenvalue weighted by atomic mass is 16.6. The maximum absolute atomic E-state index is 12.4. The molecule has 1 fully saturated rings. The van der Waals surface area contributed by atoms with E-state index in [9.17, 15) is 14.9 Å². The number of likely N-dealkylation sites (tertiary alicyclic amines) is 1. The highest BCUT2D eigenvalue weighted by Crippen LogP contribution is 2.31. The molecule has 1 saturated heterocycles. The van der Waals surface area contributed by atoms with Crippen molar-refractivity contribution >= 4 is 11.6 Å². The number of nitrogens with zero attached hydrogens (tertiary/aromatic N) is 2. The van der Waals surface area contributed by atoms with Crippen LogP contribution in [0, 0.1) is 10.1 Å². The molecule has 7 heteroatoms. The number of benzene rings is 1. The molecule has 0 spiro atoms. The van der Waals surface area contributed by atoms with Gasteiger partial charge in [0.05, 0.1) is 18.1 Å². The Kier molecular flexibility index (Phi) is 5.41. The van der Waals surface area contributed by atoms with Gasteiger partial charge in [-0.25, -0.2) is 0 Å². The Morgan fingerprint density at radius 2 is 1.96 bits per heavy atom. The van der Waals surface area contributed by atoms with Crippen LogP contribution in [0.1, 0.15) is 33.1 Å². The molecule has 0 radical (unpaired) electrons. The normalized spacial score (nSPS) is 20.9. The molecule has 0 aliphatic carbocycles. The van der Waals surface area contributed by atoms with Crippen LogP contribution < -0.4 is 9.47 Å². The lowest BCUT2D eigenvalue weighted by molar-refractivity contribution is -0.384. The average Bonchev–Trinajstić information content (AvgIpc) is 2.52. The summed E-state index contributed by atoms with van der Waals surface area (Å²) in [6, 6.07) is 4.47. The SMILES string of the molecule is COc1cc([N+](=O)[O-])ccc1OCC(=O)N1C(C)CCCC1C. The summed E-state index contributed by atoms with van der Waals surface area (Å²) in [4.78, 5) is 24.5. The van der Waals surface area contributed by atoms with Crippen molar-refractivity contribution in [2.75, 3.05) is 13.7 Å².